The number of hydrogen-bond acceptors (Lipinski definition) is 3. The van der Waals surface area contributed by atoms with Gasteiger partial charge in [0.25, 0.3) is 0 Å². The smallest absolute Gasteiger partial charge is 0.150 e. The van der Waals surface area contributed by atoms with E-state index < -0.39 is 0 Å². The molecule has 0 aromatic heterocycles. The highest BCUT2D eigenvalue weighted by Gasteiger charge is 2.06. The van der Waals surface area contributed by atoms with Crippen LogP contribution in [0.3, 0.4) is 0 Å². The van der Waals surface area contributed by atoms with Crippen molar-refractivity contribution < 1.29 is 9.47 Å². The number of halogens is 1. The maximum atomic E-state index is 5.99. The molecule has 4 heteroatoms. The van der Waals surface area contributed by atoms with E-state index in [4.69, 9.17) is 26.8 Å². The largest absolute Gasteiger partial charge is 0.497 e. The van der Waals surface area contributed by atoms with Gasteiger partial charge in [0.1, 0.15) is 11.5 Å². The quantitative estimate of drug-likeness (QED) is 0.843. The molecular weight excluding hydrogens is 238 g/mol. The fourth-order valence-electron chi connectivity index (χ4n) is 1.39. The second-order valence-corrected chi connectivity index (χ2v) is 3.84. The Bertz CT molecular complexity index is 529. The third kappa shape index (κ3) is 2.63. The number of para-hydroxylation sites is 1. The van der Waals surface area contributed by atoms with Crippen molar-refractivity contribution in [3.8, 4) is 17.2 Å². The Hall–Kier alpha value is -1.87. The molecule has 0 saturated heterocycles. The molecule has 2 rings (SSSR count). The Balaban J connectivity index is 2.28. The van der Waals surface area contributed by atoms with E-state index in [0.29, 0.717) is 28.0 Å². The van der Waals surface area contributed by atoms with Crippen LogP contribution in [0.4, 0.5) is 5.69 Å². The molecule has 0 spiro atoms. The normalized spacial score (nSPS) is 10.0. The van der Waals surface area contributed by atoms with Crippen molar-refractivity contribution in [1.82, 2.24) is 0 Å². The maximum Gasteiger partial charge on any atom is 0.150 e. The summed E-state index contributed by atoms with van der Waals surface area (Å²) in [6.45, 7) is 0. The lowest BCUT2D eigenvalue weighted by Gasteiger charge is -2.10. The van der Waals surface area contributed by atoms with Crippen LogP contribution in [-0.2, 0) is 0 Å². The van der Waals surface area contributed by atoms with E-state index in [9.17, 15) is 0 Å². The van der Waals surface area contributed by atoms with E-state index in [1.165, 1.54) is 0 Å². The van der Waals surface area contributed by atoms with Crippen molar-refractivity contribution in [1.29, 1.82) is 0 Å². The summed E-state index contributed by atoms with van der Waals surface area (Å²) in [4.78, 5) is 0. The molecule has 0 aliphatic heterocycles. The molecule has 88 valence electrons. The molecular formula is C13H12ClNO2. The van der Waals surface area contributed by atoms with Crippen LogP contribution < -0.4 is 15.2 Å². The zero-order valence-electron chi connectivity index (χ0n) is 9.31. The van der Waals surface area contributed by atoms with E-state index in [1.807, 2.05) is 12.1 Å². The Morgan fingerprint density at radius 1 is 1.06 bits per heavy atom. The van der Waals surface area contributed by atoms with E-state index >= 15 is 0 Å². The average molecular weight is 250 g/mol. The predicted molar refractivity (Wildman–Crippen MR) is 68.9 cm³/mol. The van der Waals surface area contributed by atoms with Crippen LogP contribution in [0.25, 0.3) is 0 Å². The van der Waals surface area contributed by atoms with Crippen LogP contribution in [0.5, 0.6) is 17.2 Å². The molecule has 0 saturated carbocycles. The summed E-state index contributed by atoms with van der Waals surface area (Å²) >= 11 is 5.99. The predicted octanol–water partition coefficient (Wildman–Crippen LogP) is 3.72. The number of hydrogen-bond donors (Lipinski definition) is 1. The molecule has 0 unspecified atom stereocenters. The summed E-state index contributed by atoms with van der Waals surface area (Å²) < 4.78 is 10.7. The molecule has 0 amide bonds. The first-order valence-electron chi connectivity index (χ1n) is 5.06. The third-order valence-corrected chi connectivity index (χ3v) is 2.59. The molecule has 0 bridgehead atoms. The Morgan fingerprint density at radius 3 is 2.47 bits per heavy atom. The molecule has 0 atom stereocenters. The second kappa shape index (κ2) is 4.97. The lowest BCUT2D eigenvalue weighted by atomic mass is 10.2. The second-order valence-electron chi connectivity index (χ2n) is 3.44. The van der Waals surface area contributed by atoms with Crippen LogP contribution in [0, 0.1) is 0 Å². The standard InChI is InChI=1S/C13H12ClNO2/c1-16-9-6-7-13(11(15)8-9)17-12-5-3-2-4-10(12)14/h2-8H,15H2,1H3. The minimum absolute atomic E-state index is 0.504. The van der Waals surface area contributed by atoms with E-state index in [-0.39, 0.29) is 0 Å². The van der Waals surface area contributed by atoms with Crippen molar-refractivity contribution in [2.45, 2.75) is 0 Å². The first-order chi connectivity index (χ1) is 8.20. The monoisotopic (exact) mass is 249 g/mol. The van der Waals surface area contributed by atoms with Gasteiger partial charge in [-0.1, -0.05) is 23.7 Å². The molecule has 2 aromatic rings. The first kappa shape index (κ1) is 11.6. The highest BCUT2D eigenvalue weighted by molar-refractivity contribution is 6.32. The Kier molecular flexibility index (Phi) is 3.40. The van der Waals surface area contributed by atoms with Gasteiger partial charge >= 0.3 is 0 Å². The summed E-state index contributed by atoms with van der Waals surface area (Å²) in [5, 5.41) is 0.544. The zero-order chi connectivity index (χ0) is 12.3. The number of nitrogens with two attached hydrogens (primary N) is 1. The summed E-state index contributed by atoms with van der Waals surface area (Å²) in [7, 11) is 1.59. The number of anilines is 1. The fourth-order valence-corrected chi connectivity index (χ4v) is 1.57. The molecule has 0 fully saturated rings. The van der Waals surface area contributed by atoms with Gasteiger partial charge < -0.3 is 15.2 Å². The van der Waals surface area contributed by atoms with Gasteiger partial charge in [-0.05, 0) is 24.3 Å². The lowest BCUT2D eigenvalue weighted by molar-refractivity contribution is 0.413. The number of nitrogen functional groups attached to an aromatic ring is 1. The van der Waals surface area contributed by atoms with Gasteiger partial charge in [-0.3, -0.25) is 0 Å². The van der Waals surface area contributed by atoms with Crippen LogP contribution in [0.2, 0.25) is 5.02 Å². The van der Waals surface area contributed by atoms with Crippen molar-refractivity contribution in [3.63, 3.8) is 0 Å². The molecule has 0 aliphatic rings. The minimum atomic E-state index is 0.504. The maximum absolute atomic E-state index is 5.99. The topological polar surface area (TPSA) is 44.5 Å². The molecule has 2 aromatic carbocycles. The van der Waals surface area contributed by atoms with Crippen LogP contribution in [0.1, 0.15) is 0 Å². The average Bonchev–Trinajstić information content (AvgIpc) is 2.34. The van der Waals surface area contributed by atoms with Gasteiger partial charge in [0.05, 0.1) is 17.8 Å². The van der Waals surface area contributed by atoms with Crippen LogP contribution >= 0.6 is 11.6 Å². The van der Waals surface area contributed by atoms with Crippen LogP contribution in [0.15, 0.2) is 42.5 Å². The number of benzene rings is 2. The Labute approximate surface area is 105 Å². The van der Waals surface area contributed by atoms with Gasteiger partial charge in [-0.15, -0.1) is 0 Å². The van der Waals surface area contributed by atoms with Crippen molar-refractivity contribution in [3.05, 3.63) is 47.5 Å². The van der Waals surface area contributed by atoms with Gasteiger partial charge in [-0.25, -0.2) is 0 Å². The van der Waals surface area contributed by atoms with Gasteiger partial charge in [0, 0.05) is 6.07 Å². The van der Waals surface area contributed by atoms with Gasteiger partial charge in [0.2, 0.25) is 0 Å². The molecule has 0 heterocycles. The third-order valence-electron chi connectivity index (χ3n) is 2.27. The molecule has 3 nitrogen and oxygen atoms in total. The first-order valence-corrected chi connectivity index (χ1v) is 5.44. The molecule has 0 aliphatic carbocycles. The fraction of sp³-hybridized carbons (Fsp3) is 0.0769. The molecule has 17 heavy (non-hydrogen) atoms. The summed E-state index contributed by atoms with van der Waals surface area (Å²) in [5.74, 6) is 1.82. The number of ether oxygens (including phenoxy) is 2. The van der Waals surface area contributed by atoms with E-state index in [1.54, 1.807) is 37.4 Å². The highest BCUT2D eigenvalue weighted by Crippen LogP contribution is 2.33. The number of rotatable bonds is 3. The lowest BCUT2D eigenvalue weighted by Crippen LogP contribution is -1.93. The van der Waals surface area contributed by atoms with E-state index in [0.717, 1.165) is 0 Å². The summed E-state index contributed by atoms with van der Waals surface area (Å²) in [6, 6.07) is 12.5. The van der Waals surface area contributed by atoms with Crippen molar-refractivity contribution in [2.24, 2.45) is 0 Å². The number of methoxy groups -OCH3 is 1. The summed E-state index contributed by atoms with van der Waals surface area (Å²) in [6.07, 6.45) is 0. The highest BCUT2D eigenvalue weighted by atomic mass is 35.5. The van der Waals surface area contributed by atoms with Crippen molar-refractivity contribution in [2.75, 3.05) is 12.8 Å². The van der Waals surface area contributed by atoms with Crippen LogP contribution in [-0.4, -0.2) is 7.11 Å². The van der Waals surface area contributed by atoms with Gasteiger partial charge in [0.15, 0.2) is 5.75 Å². The van der Waals surface area contributed by atoms with E-state index in [2.05, 4.69) is 0 Å². The molecule has 0 radical (unpaired) electrons. The zero-order valence-corrected chi connectivity index (χ0v) is 10.1. The Morgan fingerprint density at radius 2 is 1.82 bits per heavy atom. The summed E-state index contributed by atoms with van der Waals surface area (Å²) in [5.41, 5.74) is 6.35. The SMILES string of the molecule is COc1ccc(Oc2ccccc2Cl)c(N)c1. The molecule has 2 N–H and O–H groups in total. The van der Waals surface area contributed by atoms with Crippen molar-refractivity contribution >= 4 is 17.3 Å². The minimum Gasteiger partial charge on any atom is -0.497 e. The van der Waals surface area contributed by atoms with Gasteiger partial charge in [-0.2, -0.15) is 0 Å².